The minimum atomic E-state index is -0.436. The largest absolute Gasteiger partial charge is 0.468 e. The highest BCUT2D eigenvalue weighted by atomic mass is 35.5. The third kappa shape index (κ3) is 3.36. The predicted molar refractivity (Wildman–Crippen MR) is 85.0 cm³/mol. The molecule has 1 amide bonds. The van der Waals surface area contributed by atoms with Gasteiger partial charge in [0.25, 0.3) is 5.91 Å². The normalized spacial score (nSPS) is 10.6. The number of fused-ring (bicyclic) bond motifs is 1. The van der Waals surface area contributed by atoms with Gasteiger partial charge in [-0.2, -0.15) is 0 Å². The Hall–Kier alpha value is -1.59. The van der Waals surface area contributed by atoms with Crippen molar-refractivity contribution in [2.75, 3.05) is 20.2 Å². The first-order valence-corrected chi connectivity index (χ1v) is 7.81. The summed E-state index contributed by atoms with van der Waals surface area (Å²) in [5.74, 6) is -0.664. The van der Waals surface area contributed by atoms with Crippen molar-refractivity contribution in [2.24, 2.45) is 0 Å². The molecule has 2 aromatic rings. The maximum atomic E-state index is 12.6. The number of hydrogen-bond acceptors (Lipinski definition) is 4. The molecule has 0 unspecified atom stereocenters. The molecular formula is C15H16ClNO3S. The van der Waals surface area contributed by atoms with E-state index in [0.29, 0.717) is 16.4 Å². The highest BCUT2D eigenvalue weighted by Gasteiger charge is 2.23. The second-order valence-electron chi connectivity index (χ2n) is 4.54. The van der Waals surface area contributed by atoms with Gasteiger partial charge in [-0.1, -0.05) is 36.7 Å². The van der Waals surface area contributed by atoms with E-state index < -0.39 is 5.97 Å². The van der Waals surface area contributed by atoms with Crippen LogP contribution in [0.5, 0.6) is 0 Å². The van der Waals surface area contributed by atoms with E-state index in [1.54, 1.807) is 0 Å². The number of esters is 1. The lowest BCUT2D eigenvalue weighted by Gasteiger charge is -2.20. The molecule has 1 aromatic heterocycles. The fourth-order valence-corrected chi connectivity index (χ4v) is 3.52. The third-order valence-electron chi connectivity index (χ3n) is 3.06. The number of carbonyl (C=O) groups excluding carboxylic acids is 2. The zero-order valence-electron chi connectivity index (χ0n) is 11.9. The van der Waals surface area contributed by atoms with Crippen molar-refractivity contribution >= 4 is 44.9 Å². The van der Waals surface area contributed by atoms with Crippen LogP contribution in [0.15, 0.2) is 24.3 Å². The molecule has 112 valence electrons. The van der Waals surface area contributed by atoms with Gasteiger partial charge in [-0.3, -0.25) is 9.59 Å². The van der Waals surface area contributed by atoms with E-state index in [0.717, 1.165) is 16.5 Å². The van der Waals surface area contributed by atoms with Crippen molar-refractivity contribution in [2.45, 2.75) is 13.3 Å². The van der Waals surface area contributed by atoms with E-state index in [1.807, 2.05) is 31.2 Å². The minimum absolute atomic E-state index is 0.0618. The molecule has 0 aliphatic rings. The Morgan fingerprint density at radius 3 is 2.67 bits per heavy atom. The summed E-state index contributed by atoms with van der Waals surface area (Å²) in [6.07, 6.45) is 0.755. The van der Waals surface area contributed by atoms with Crippen molar-refractivity contribution in [3.63, 3.8) is 0 Å². The van der Waals surface area contributed by atoms with Crippen LogP contribution in [-0.2, 0) is 9.53 Å². The monoisotopic (exact) mass is 325 g/mol. The van der Waals surface area contributed by atoms with Gasteiger partial charge in [0.05, 0.1) is 12.1 Å². The average Bonchev–Trinajstić information content (AvgIpc) is 2.83. The van der Waals surface area contributed by atoms with Gasteiger partial charge in [-0.25, -0.2) is 0 Å². The van der Waals surface area contributed by atoms with E-state index in [1.165, 1.54) is 23.3 Å². The molecule has 21 heavy (non-hydrogen) atoms. The molecule has 0 spiro atoms. The van der Waals surface area contributed by atoms with E-state index in [-0.39, 0.29) is 12.5 Å². The number of benzene rings is 1. The van der Waals surface area contributed by atoms with Crippen LogP contribution < -0.4 is 0 Å². The molecule has 2 rings (SSSR count). The van der Waals surface area contributed by atoms with Gasteiger partial charge in [0.1, 0.15) is 11.4 Å². The van der Waals surface area contributed by atoms with Crippen molar-refractivity contribution in [1.29, 1.82) is 0 Å². The quantitative estimate of drug-likeness (QED) is 0.789. The van der Waals surface area contributed by atoms with Crippen LogP contribution in [0.25, 0.3) is 10.1 Å². The van der Waals surface area contributed by atoms with E-state index in [4.69, 9.17) is 11.6 Å². The van der Waals surface area contributed by atoms with Crippen LogP contribution in [0.1, 0.15) is 23.0 Å². The summed E-state index contributed by atoms with van der Waals surface area (Å²) in [6.45, 7) is 2.37. The van der Waals surface area contributed by atoms with E-state index in [9.17, 15) is 9.59 Å². The molecule has 1 heterocycles. The smallest absolute Gasteiger partial charge is 0.325 e. The van der Waals surface area contributed by atoms with E-state index >= 15 is 0 Å². The summed E-state index contributed by atoms with van der Waals surface area (Å²) in [6, 6.07) is 7.59. The highest BCUT2D eigenvalue weighted by molar-refractivity contribution is 7.21. The SMILES string of the molecule is CCCN(CC(=O)OC)C(=O)c1sc2ccccc2c1Cl. The van der Waals surface area contributed by atoms with Gasteiger partial charge in [0.15, 0.2) is 0 Å². The molecule has 0 atom stereocenters. The topological polar surface area (TPSA) is 46.6 Å². The molecule has 0 aliphatic carbocycles. The molecule has 0 aliphatic heterocycles. The number of thiophene rings is 1. The number of methoxy groups -OCH3 is 1. The molecule has 0 bridgehead atoms. The Labute approximate surface area is 132 Å². The lowest BCUT2D eigenvalue weighted by Crippen LogP contribution is -2.36. The first-order chi connectivity index (χ1) is 10.1. The van der Waals surface area contributed by atoms with Crippen LogP contribution in [0.3, 0.4) is 0 Å². The molecule has 6 heteroatoms. The van der Waals surface area contributed by atoms with Gasteiger partial charge in [-0.05, 0) is 12.5 Å². The molecule has 0 saturated heterocycles. The van der Waals surface area contributed by atoms with Gasteiger partial charge in [0, 0.05) is 16.6 Å². The summed E-state index contributed by atoms with van der Waals surface area (Å²) in [7, 11) is 1.31. The second kappa shape index (κ2) is 6.91. The maximum Gasteiger partial charge on any atom is 0.325 e. The van der Waals surface area contributed by atoms with Gasteiger partial charge in [-0.15, -0.1) is 11.3 Å². The number of halogens is 1. The van der Waals surface area contributed by atoms with Crippen LogP contribution in [-0.4, -0.2) is 37.0 Å². The van der Waals surface area contributed by atoms with Gasteiger partial charge >= 0.3 is 5.97 Å². The van der Waals surface area contributed by atoms with Crippen molar-refractivity contribution in [1.82, 2.24) is 4.90 Å². The van der Waals surface area contributed by atoms with Gasteiger partial charge in [0.2, 0.25) is 0 Å². The lowest BCUT2D eigenvalue weighted by molar-refractivity contribution is -0.141. The first-order valence-electron chi connectivity index (χ1n) is 6.61. The number of rotatable bonds is 5. The molecule has 0 N–H and O–H groups in total. The maximum absolute atomic E-state index is 12.6. The molecule has 0 radical (unpaired) electrons. The Bertz CT molecular complexity index is 668. The average molecular weight is 326 g/mol. The number of hydrogen-bond donors (Lipinski definition) is 0. The third-order valence-corrected chi connectivity index (χ3v) is 4.72. The van der Waals surface area contributed by atoms with Crippen LogP contribution in [0.4, 0.5) is 0 Å². The summed E-state index contributed by atoms with van der Waals surface area (Å²) >= 11 is 7.66. The standard InChI is InChI=1S/C15H16ClNO3S/c1-3-8-17(9-12(18)20-2)15(19)14-13(16)10-6-4-5-7-11(10)21-14/h4-7H,3,8-9H2,1-2H3. The molecule has 0 saturated carbocycles. The molecule has 4 nitrogen and oxygen atoms in total. The van der Waals surface area contributed by atoms with Crippen molar-refractivity contribution < 1.29 is 14.3 Å². The molecular weight excluding hydrogens is 310 g/mol. The van der Waals surface area contributed by atoms with Gasteiger partial charge < -0.3 is 9.64 Å². The van der Waals surface area contributed by atoms with Crippen molar-refractivity contribution in [3.05, 3.63) is 34.2 Å². The number of ether oxygens (including phenoxy) is 1. The number of amides is 1. The minimum Gasteiger partial charge on any atom is -0.468 e. The number of nitrogens with zero attached hydrogens (tertiary/aromatic N) is 1. The Kier molecular flexibility index (Phi) is 5.20. The van der Waals surface area contributed by atoms with E-state index in [2.05, 4.69) is 4.74 Å². The molecule has 1 aromatic carbocycles. The lowest BCUT2D eigenvalue weighted by atomic mass is 10.2. The summed E-state index contributed by atoms with van der Waals surface area (Å²) in [4.78, 5) is 26.0. The predicted octanol–water partition coefficient (Wildman–Crippen LogP) is 3.58. The Morgan fingerprint density at radius 1 is 1.33 bits per heavy atom. The Balaban J connectivity index is 2.34. The second-order valence-corrected chi connectivity index (χ2v) is 5.97. The summed E-state index contributed by atoms with van der Waals surface area (Å²) in [5, 5.41) is 1.31. The fraction of sp³-hybridized carbons (Fsp3) is 0.333. The summed E-state index contributed by atoms with van der Waals surface area (Å²) in [5.41, 5.74) is 0. The highest BCUT2D eigenvalue weighted by Crippen LogP contribution is 2.35. The van der Waals surface area contributed by atoms with Crippen LogP contribution >= 0.6 is 22.9 Å². The van der Waals surface area contributed by atoms with Crippen LogP contribution in [0, 0.1) is 0 Å². The first kappa shape index (κ1) is 15.8. The van der Waals surface area contributed by atoms with Crippen molar-refractivity contribution in [3.8, 4) is 0 Å². The van der Waals surface area contributed by atoms with Crippen LogP contribution in [0.2, 0.25) is 5.02 Å². The summed E-state index contributed by atoms with van der Waals surface area (Å²) < 4.78 is 5.60. The number of carbonyl (C=O) groups is 2. The molecule has 0 fully saturated rings. The zero-order valence-corrected chi connectivity index (χ0v) is 13.5. The zero-order chi connectivity index (χ0) is 15.4. The fourth-order valence-electron chi connectivity index (χ4n) is 2.04. The Morgan fingerprint density at radius 2 is 2.05 bits per heavy atom.